The lowest BCUT2D eigenvalue weighted by Gasteiger charge is -2.35. The number of ether oxygens (including phenoxy) is 1. The van der Waals surface area contributed by atoms with Crippen molar-refractivity contribution >= 4 is 30.4 Å². The second-order valence-electron chi connectivity index (χ2n) is 12.3. The lowest BCUT2D eigenvalue weighted by Crippen LogP contribution is -2.30. The predicted octanol–water partition coefficient (Wildman–Crippen LogP) is 9.98. The fourth-order valence-corrected chi connectivity index (χ4v) is 9.90. The first kappa shape index (κ1) is 28.0. The molecule has 210 valence electrons. The molecule has 4 aromatic rings. The Morgan fingerprint density at radius 2 is 1.27 bits per heavy atom. The molecule has 0 amide bonds. The second-order valence-corrected chi connectivity index (χ2v) is 14.6. The molecule has 2 aliphatic carbocycles. The molecule has 2 aliphatic rings. The fourth-order valence-electron chi connectivity index (χ4n) is 7.00. The summed E-state index contributed by atoms with van der Waals surface area (Å²) < 4.78 is 7.26. The molecule has 2 heteroatoms. The van der Waals surface area contributed by atoms with Crippen LogP contribution >= 0.6 is 7.92 Å². The number of fused-ring (bicyclic) bond motifs is 2. The van der Waals surface area contributed by atoms with Gasteiger partial charge in [0, 0.05) is 11.2 Å². The second kappa shape index (κ2) is 12.8. The molecular weight excluding hydrogens is 515 g/mol. The Bertz CT molecular complexity index is 1420. The van der Waals surface area contributed by atoms with Crippen molar-refractivity contribution in [1.82, 2.24) is 0 Å². The minimum absolute atomic E-state index is 0.220. The largest absolute Gasteiger partial charge is 0.489 e. The zero-order chi connectivity index (χ0) is 28.2. The Labute approximate surface area is 248 Å². The average Bonchev–Trinajstić information content (AvgIpc) is 3.13. The van der Waals surface area contributed by atoms with E-state index in [-0.39, 0.29) is 11.8 Å². The molecule has 2 unspecified atom stereocenters. The van der Waals surface area contributed by atoms with Crippen molar-refractivity contribution in [3.8, 4) is 0 Å². The molecule has 4 atom stereocenters. The van der Waals surface area contributed by atoms with Crippen molar-refractivity contribution in [2.45, 2.75) is 64.6 Å². The molecular formula is C39H43OP. The van der Waals surface area contributed by atoms with Crippen molar-refractivity contribution in [2.75, 3.05) is 0 Å². The molecule has 0 bridgehead atoms. The summed E-state index contributed by atoms with van der Waals surface area (Å²) in [5, 5.41) is 2.81. The minimum atomic E-state index is -0.720. The summed E-state index contributed by atoms with van der Waals surface area (Å²) in [5.41, 5.74) is 5.53. The Morgan fingerprint density at radius 3 is 1.95 bits per heavy atom. The molecule has 4 aromatic carbocycles. The first-order valence-corrected chi connectivity index (χ1v) is 17.0. The molecule has 0 aromatic heterocycles. The Kier molecular flexibility index (Phi) is 8.73. The maximum absolute atomic E-state index is 7.26. The summed E-state index contributed by atoms with van der Waals surface area (Å²) in [7, 11) is -0.720. The molecule has 1 fully saturated rings. The van der Waals surface area contributed by atoms with Gasteiger partial charge in [-0.2, -0.15) is 0 Å². The molecule has 0 heterocycles. The standard InChI is InChI=1S/C39H43OP/c1-28(2)33-24-14-15-29(3)25-26-37(33)40-38-27-30-16-10-11-21-34(30)39(36-23-13-12-22-35(36)38)41(31-17-6-4-7-18-31)32-19-8-5-9-20-32/h4-13,16-23,27-29,33,37,39H,14-15,24-26H2,1-3H3/t29-,33+,37?,39?/m1/s1. The number of hydrogen-bond donors (Lipinski definition) is 0. The lowest BCUT2D eigenvalue weighted by atomic mass is 9.79. The van der Waals surface area contributed by atoms with Crippen molar-refractivity contribution < 1.29 is 4.74 Å². The first-order chi connectivity index (χ1) is 20.1. The molecule has 41 heavy (non-hydrogen) atoms. The molecule has 1 nitrogen and oxygen atoms in total. The summed E-state index contributed by atoms with van der Waals surface area (Å²) in [6, 6.07) is 40.4. The summed E-state index contributed by atoms with van der Waals surface area (Å²) in [4.78, 5) is 0. The van der Waals surface area contributed by atoms with Crippen molar-refractivity contribution in [2.24, 2.45) is 17.8 Å². The highest BCUT2D eigenvalue weighted by atomic mass is 31.1. The Morgan fingerprint density at radius 1 is 0.659 bits per heavy atom. The third-order valence-corrected chi connectivity index (χ3v) is 12.0. The van der Waals surface area contributed by atoms with E-state index in [9.17, 15) is 0 Å². The maximum Gasteiger partial charge on any atom is 0.127 e. The van der Waals surface area contributed by atoms with Gasteiger partial charge < -0.3 is 4.74 Å². The Balaban J connectivity index is 1.50. The van der Waals surface area contributed by atoms with Crippen LogP contribution in [0.1, 0.15) is 80.8 Å². The number of hydrogen-bond acceptors (Lipinski definition) is 1. The fraction of sp³-hybridized carbons (Fsp3) is 0.333. The van der Waals surface area contributed by atoms with E-state index < -0.39 is 7.92 Å². The van der Waals surface area contributed by atoms with E-state index in [1.807, 2.05) is 0 Å². The van der Waals surface area contributed by atoms with Gasteiger partial charge in [-0.05, 0) is 78.3 Å². The Hall–Kier alpha value is -3.15. The van der Waals surface area contributed by atoms with Crippen LogP contribution in [0.3, 0.4) is 0 Å². The van der Waals surface area contributed by atoms with Crippen molar-refractivity contribution in [1.29, 1.82) is 0 Å². The van der Waals surface area contributed by atoms with Gasteiger partial charge in [-0.3, -0.25) is 0 Å². The van der Waals surface area contributed by atoms with Crippen molar-refractivity contribution in [3.63, 3.8) is 0 Å². The average molecular weight is 559 g/mol. The third-order valence-electron chi connectivity index (χ3n) is 9.22. The predicted molar refractivity (Wildman–Crippen MR) is 177 cm³/mol. The molecule has 0 radical (unpaired) electrons. The SMILES string of the molecule is CC(C)[C@@H]1CCC[C@@H](C)CCC1OC1=Cc2ccccc2C(P(c2ccccc2)c2ccccc2)c2ccccc21. The highest BCUT2D eigenvalue weighted by Gasteiger charge is 2.35. The van der Waals surface area contributed by atoms with Gasteiger partial charge >= 0.3 is 0 Å². The maximum atomic E-state index is 7.26. The first-order valence-electron chi connectivity index (χ1n) is 15.6. The van der Waals surface area contributed by atoms with Gasteiger partial charge in [0.2, 0.25) is 0 Å². The minimum Gasteiger partial charge on any atom is -0.489 e. The zero-order valence-electron chi connectivity index (χ0n) is 24.7. The van der Waals surface area contributed by atoms with Crippen molar-refractivity contribution in [3.05, 3.63) is 131 Å². The topological polar surface area (TPSA) is 9.23 Å². The zero-order valence-corrected chi connectivity index (χ0v) is 25.6. The molecule has 0 aliphatic heterocycles. The van der Waals surface area contributed by atoms with Crippen LogP contribution in [0, 0.1) is 17.8 Å². The monoisotopic (exact) mass is 558 g/mol. The van der Waals surface area contributed by atoms with Gasteiger partial charge in [-0.25, -0.2) is 0 Å². The van der Waals surface area contributed by atoms with Crippen LogP contribution in [0.15, 0.2) is 109 Å². The summed E-state index contributed by atoms with van der Waals surface area (Å²) in [6.07, 6.45) is 8.89. The van der Waals surface area contributed by atoms with E-state index >= 15 is 0 Å². The molecule has 6 rings (SSSR count). The summed E-state index contributed by atoms with van der Waals surface area (Å²) in [5.74, 6) is 3.01. The van der Waals surface area contributed by atoms with E-state index in [4.69, 9.17) is 4.74 Å². The van der Waals surface area contributed by atoms with Gasteiger partial charge in [-0.1, -0.05) is 143 Å². The quantitative estimate of drug-likeness (QED) is 0.214. The highest BCUT2D eigenvalue weighted by Crippen LogP contribution is 2.57. The molecule has 0 saturated heterocycles. The van der Waals surface area contributed by atoms with Crippen LogP contribution < -0.4 is 10.6 Å². The number of benzene rings is 4. The van der Waals surface area contributed by atoms with Crippen LogP contribution in [-0.2, 0) is 4.74 Å². The van der Waals surface area contributed by atoms with Gasteiger partial charge in [0.15, 0.2) is 0 Å². The van der Waals surface area contributed by atoms with Gasteiger partial charge in [-0.15, -0.1) is 0 Å². The van der Waals surface area contributed by atoms with E-state index in [2.05, 4.69) is 136 Å². The molecule has 1 saturated carbocycles. The van der Waals surface area contributed by atoms with Gasteiger partial charge in [0.05, 0.1) is 0 Å². The van der Waals surface area contributed by atoms with Crippen LogP contribution in [0.25, 0.3) is 11.8 Å². The van der Waals surface area contributed by atoms with E-state index in [1.165, 1.54) is 58.5 Å². The van der Waals surface area contributed by atoms with Crippen LogP contribution in [0.2, 0.25) is 0 Å². The highest BCUT2D eigenvalue weighted by molar-refractivity contribution is 7.73. The third kappa shape index (κ3) is 6.07. The van der Waals surface area contributed by atoms with Gasteiger partial charge in [0.25, 0.3) is 0 Å². The van der Waals surface area contributed by atoms with E-state index in [0.29, 0.717) is 11.8 Å². The van der Waals surface area contributed by atoms with E-state index in [0.717, 1.165) is 18.1 Å². The van der Waals surface area contributed by atoms with Crippen LogP contribution in [0.5, 0.6) is 0 Å². The van der Waals surface area contributed by atoms with E-state index in [1.54, 1.807) is 0 Å². The van der Waals surface area contributed by atoms with Gasteiger partial charge in [0.1, 0.15) is 11.9 Å². The summed E-state index contributed by atoms with van der Waals surface area (Å²) in [6.45, 7) is 7.20. The smallest absolute Gasteiger partial charge is 0.127 e. The van der Waals surface area contributed by atoms with Crippen LogP contribution in [-0.4, -0.2) is 6.10 Å². The normalized spacial score (nSPS) is 22.6. The molecule has 0 N–H and O–H groups in total. The van der Waals surface area contributed by atoms with Crippen LogP contribution in [0.4, 0.5) is 0 Å². The lowest BCUT2D eigenvalue weighted by molar-refractivity contribution is 0.0522. The number of rotatable bonds is 6. The molecule has 0 spiro atoms. The summed E-state index contributed by atoms with van der Waals surface area (Å²) >= 11 is 0.